The van der Waals surface area contributed by atoms with Crippen molar-refractivity contribution in [1.29, 1.82) is 0 Å². The molecule has 0 aliphatic rings. The minimum absolute atomic E-state index is 0.0694. The van der Waals surface area contributed by atoms with E-state index in [0.29, 0.717) is 16.8 Å². The highest BCUT2D eigenvalue weighted by Crippen LogP contribution is 2.25. The van der Waals surface area contributed by atoms with E-state index < -0.39 is 10.8 Å². The van der Waals surface area contributed by atoms with Gasteiger partial charge in [0.1, 0.15) is 18.3 Å². The number of aromatic nitrogens is 3. The molecular weight excluding hydrogens is 364 g/mol. The highest BCUT2D eigenvalue weighted by atomic mass is 16.6. The van der Waals surface area contributed by atoms with Gasteiger partial charge in [-0.25, -0.2) is 9.67 Å². The number of aryl methyl sites for hydroxylation is 1. The van der Waals surface area contributed by atoms with Gasteiger partial charge in [-0.2, -0.15) is 5.10 Å². The van der Waals surface area contributed by atoms with Gasteiger partial charge in [-0.1, -0.05) is 12.1 Å². The first-order valence-electron chi connectivity index (χ1n) is 8.19. The van der Waals surface area contributed by atoms with Gasteiger partial charge >= 0.3 is 0 Å². The maximum Gasteiger partial charge on any atom is 0.295 e. The Morgan fingerprint density at radius 1 is 1.18 bits per heavy atom. The van der Waals surface area contributed by atoms with Crippen molar-refractivity contribution in [3.05, 3.63) is 75.9 Å². The van der Waals surface area contributed by atoms with Crippen molar-refractivity contribution in [2.24, 2.45) is 0 Å². The lowest BCUT2D eigenvalue weighted by Gasteiger charge is -2.13. The number of carbonyl (C=O) groups is 2. The molecule has 0 radical (unpaired) electrons. The summed E-state index contributed by atoms with van der Waals surface area (Å²) in [6.07, 6.45) is 2.58. The Labute approximate surface area is 159 Å². The Bertz CT molecular complexity index is 1060. The molecule has 10 nitrogen and oxygen atoms in total. The first kappa shape index (κ1) is 18.7. The molecule has 2 amide bonds. The van der Waals surface area contributed by atoms with Gasteiger partial charge in [-0.3, -0.25) is 19.7 Å². The summed E-state index contributed by atoms with van der Waals surface area (Å²) >= 11 is 0. The average Bonchev–Trinajstić information content (AvgIpc) is 3.21. The molecule has 0 atom stereocenters. The molecule has 0 aliphatic carbocycles. The van der Waals surface area contributed by atoms with Crippen LogP contribution in [0.3, 0.4) is 0 Å². The molecule has 0 saturated heterocycles. The minimum atomic E-state index is -0.601. The Morgan fingerprint density at radius 3 is 2.61 bits per heavy atom. The molecule has 1 aromatic heterocycles. The molecule has 28 heavy (non-hydrogen) atoms. The summed E-state index contributed by atoms with van der Waals surface area (Å²) in [7, 11) is 1.49. The van der Waals surface area contributed by atoms with E-state index in [1.165, 1.54) is 36.5 Å². The van der Waals surface area contributed by atoms with Crippen molar-refractivity contribution in [3.8, 4) is 5.69 Å². The Hall–Kier alpha value is -4.08. The van der Waals surface area contributed by atoms with Crippen molar-refractivity contribution in [2.75, 3.05) is 12.4 Å². The Kier molecular flexibility index (Phi) is 5.12. The van der Waals surface area contributed by atoms with Crippen LogP contribution in [0.5, 0.6) is 0 Å². The number of benzene rings is 2. The Morgan fingerprint density at radius 2 is 1.96 bits per heavy atom. The zero-order chi connectivity index (χ0) is 20.3. The third kappa shape index (κ3) is 3.56. The highest BCUT2D eigenvalue weighted by molar-refractivity contribution is 6.09. The van der Waals surface area contributed by atoms with Gasteiger partial charge in [0.2, 0.25) is 0 Å². The number of hydrogen-bond acceptors (Lipinski definition) is 6. The molecule has 0 spiro atoms. The lowest BCUT2D eigenvalue weighted by atomic mass is 10.1. The van der Waals surface area contributed by atoms with Crippen LogP contribution in [-0.4, -0.2) is 38.5 Å². The number of anilines is 1. The first-order chi connectivity index (χ1) is 13.4. The normalized spacial score (nSPS) is 10.4. The van der Waals surface area contributed by atoms with Gasteiger partial charge < -0.3 is 10.6 Å². The van der Waals surface area contributed by atoms with Gasteiger partial charge in [-0.15, -0.1) is 0 Å². The van der Waals surface area contributed by atoms with Crippen LogP contribution in [0.15, 0.2) is 49.1 Å². The molecule has 3 aromatic rings. The molecule has 0 fully saturated rings. The fraction of sp³-hybridized carbons (Fsp3) is 0.111. The summed E-state index contributed by atoms with van der Waals surface area (Å²) < 4.78 is 1.24. The number of nitrogens with one attached hydrogen (secondary N) is 2. The number of carbonyl (C=O) groups excluding carboxylic acids is 2. The maximum absolute atomic E-state index is 12.7. The number of hydrogen-bond donors (Lipinski definition) is 2. The smallest absolute Gasteiger partial charge is 0.295 e. The lowest BCUT2D eigenvalue weighted by Crippen LogP contribution is -2.22. The maximum atomic E-state index is 12.7. The van der Waals surface area contributed by atoms with Crippen LogP contribution in [0.1, 0.15) is 26.3 Å². The number of rotatable bonds is 5. The molecule has 10 heteroatoms. The van der Waals surface area contributed by atoms with Crippen molar-refractivity contribution >= 4 is 23.2 Å². The van der Waals surface area contributed by atoms with Crippen LogP contribution in [0.25, 0.3) is 5.69 Å². The average molecular weight is 380 g/mol. The van der Waals surface area contributed by atoms with E-state index in [2.05, 4.69) is 20.7 Å². The monoisotopic (exact) mass is 380 g/mol. The number of nitro groups is 1. The first-order valence-corrected chi connectivity index (χ1v) is 8.19. The molecule has 2 aromatic carbocycles. The molecule has 0 saturated carbocycles. The topological polar surface area (TPSA) is 132 Å². The molecule has 1 heterocycles. The van der Waals surface area contributed by atoms with E-state index in [9.17, 15) is 19.7 Å². The predicted octanol–water partition coefficient (Wildman–Crippen LogP) is 2.10. The molecule has 2 N–H and O–H groups in total. The van der Waals surface area contributed by atoms with Gasteiger partial charge in [0.05, 0.1) is 16.2 Å². The second-order valence-electron chi connectivity index (χ2n) is 5.83. The van der Waals surface area contributed by atoms with E-state index in [-0.39, 0.29) is 22.8 Å². The third-order valence-electron chi connectivity index (χ3n) is 4.07. The van der Waals surface area contributed by atoms with Gasteiger partial charge in [0.15, 0.2) is 0 Å². The molecule has 0 unspecified atom stereocenters. The van der Waals surface area contributed by atoms with Gasteiger partial charge in [0.25, 0.3) is 17.5 Å². The summed E-state index contributed by atoms with van der Waals surface area (Å²) in [6, 6.07) is 9.05. The fourth-order valence-electron chi connectivity index (χ4n) is 2.73. The van der Waals surface area contributed by atoms with Crippen molar-refractivity contribution < 1.29 is 14.5 Å². The van der Waals surface area contributed by atoms with E-state index in [0.717, 1.165) is 6.07 Å². The number of amides is 2. The molecule has 0 aliphatic heterocycles. The quantitative estimate of drug-likeness (QED) is 0.514. The zero-order valence-electron chi connectivity index (χ0n) is 15.0. The van der Waals surface area contributed by atoms with Crippen molar-refractivity contribution in [3.63, 3.8) is 0 Å². The second-order valence-corrected chi connectivity index (χ2v) is 5.83. The molecule has 3 rings (SSSR count). The van der Waals surface area contributed by atoms with Crippen LogP contribution in [0.2, 0.25) is 0 Å². The van der Waals surface area contributed by atoms with Crippen LogP contribution in [-0.2, 0) is 0 Å². The summed E-state index contributed by atoms with van der Waals surface area (Å²) in [6.45, 7) is 1.75. The van der Waals surface area contributed by atoms with E-state index >= 15 is 0 Å². The minimum Gasteiger partial charge on any atom is -0.355 e. The zero-order valence-corrected chi connectivity index (χ0v) is 15.0. The van der Waals surface area contributed by atoms with Crippen LogP contribution >= 0.6 is 0 Å². The van der Waals surface area contributed by atoms with Crippen molar-refractivity contribution in [1.82, 2.24) is 20.1 Å². The van der Waals surface area contributed by atoms with E-state index in [4.69, 9.17) is 0 Å². The van der Waals surface area contributed by atoms with Gasteiger partial charge in [0, 0.05) is 18.7 Å². The van der Waals surface area contributed by atoms with E-state index in [1.54, 1.807) is 25.1 Å². The van der Waals surface area contributed by atoms with Crippen LogP contribution < -0.4 is 10.6 Å². The summed E-state index contributed by atoms with van der Waals surface area (Å²) in [5, 5.41) is 20.5. The lowest BCUT2D eigenvalue weighted by molar-refractivity contribution is -0.384. The standard InChI is InChI=1S/C18H16N6O4/c1-11-4-3-5-13(16(11)18(26)19-2)22-17(25)12-6-7-14(15(8-12)24(27)28)23-10-20-9-21-23/h3-10H,1-2H3,(H,19,26)(H,22,25). The largest absolute Gasteiger partial charge is 0.355 e. The van der Waals surface area contributed by atoms with Crippen LogP contribution in [0, 0.1) is 17.0 Å². The summed E-state index contributed by atoms with van der Waals surface area (Å²) in [5.74, 6) is -0.926. The second kappa shape index (κ2) is 7.66. The molecular formula is C18H16N6O4. The third-order valence-corrected chi connectivity index (χ3v) is 4.07. The molecule has 142 valence electrons. The van der Waals surface area contributed by atoms with Crippen LogP contribution in [0.4, 0.5) is 11.4 Å². The van der Waals surface area contributed by atoms with Crippen molar-refractivity contribution in [2.45, 2.75) is 6.92 Å². The molecule has 0 bridgehead atoms. The SMILES string of the molecule is CNC(=O)c1c(C)cccc1NC(=O)c1ccc(-n2cncn2)c([N+](=O)[O-])c1. The highest BCUT2D eigenvalue weighted by Gasteiger charge is 2.21. The Balaban J connectivity index is 1.96. The fourth-order valence-corrected chi connectivity index (χ4v) is 2.73. The van der Waals surface area contributed by atoms with Gasteiger partial charge in [-0.05, 0) is 30.7 Å². The number of nitro benzene ring substituents is 1. The predicted molar refractivity (Wildman–Crippen MR) is 101 cm³/mol. The number of nitrogens with zero attached hydrogens (tertiary/aromatic N) is 4. The summed E-state index contributed by atoms with van der Waals surface area (Å²) in [4.78, 5) is 39.4. The summed E-state index contributed by atoms with van der Waals surface area (Å²) in [5.41, 5.74) is 1.28. The van der Waals surface area contributed by atoms with E-state index in [1.807, 2.05) is 0 Å².